The van der Waals surface area contributed by atoms with E-state index in [2.05, 4.69) is 53.6 Å². The average molecular weight is 424 g/mol. The molecule has 1 amide bonds. The van der Waals surface area contributed by atoms with Gasteiger partial charge in [0.1, 0.15) is 5.75 Å². The lowest BCUT2D eigenvalue weighted by Crippen LogP contribution is -2.51. The maximum Gasteiger partial charge on any atom is 0.255 e. The molecule has 1 unspecified atom stereocenters. The van der Waals surface area contributed by atoms with E-state index < -0.39 is 5.91 Å². The summed E-state index contributed by atoms with van der Waals surface area (Å²) in [4.78, 5) is 18.1. The lowest BCUT2D eigenvalue weighted by atomic mass is 10.0. The van der Waals surface area contributed by atoms with Crippen LogP contribution in [-0.2, 0) is 11.3 Å². The van der Waals surface area contributed by atoms with Crippen molar-refractivity contribution in [3.05, 3.63) is 59.7 Å². The van der Waals surface area contributed by atoms with Crippen molar-refractivity contribution in [3.8, 4) is 5.75 Å². The fourth-order valence-corrected chi connectivity index (χ4v) is 3.66. The summed E-state index contributed by atoms with van der Waals surface area (Å²) in [6.45, 7) is 7.38. The number of guanidine groups is 1. The lowest BCUT2D eigenvalue weighted by Gasteiger charge is -2.35. The molecule has 1 heterocycles. The third-order valence-electron chi connectivity index (χ3n) is 5.20. The number of aliphatic imine (C=N–C) groups is 1. The molecule has 1 saturated heterocycles. The molecule has 0 saturated carbocycles. The van der Waals surface area contributed by atoms with E-state index in [0.717, 1.165) is 44.0 Å². The van der Waals surface area contributed by atoms with Gasteiger partial charge in [-0.3, -0.25) is 4.79 Å². The summed E-state index contributed by atoms with van der Waals surface area (Å²) < 4.78 is 5.39. The number of primary amides is 1. The van der Waals surface area contributed by atoms with Crippen molar-refractivity contribution in [2.75, 3.05) is 31.1 Å². The van der Waals surface area contributed by atoms with E-state index in [4.69, 9.17) is 15.5 Å². The van der Waals surface area contributed by atoms with Crippen LogP contribution in [0.15, 0.2) is 53.5 Å². The van der Waals surface area contributed by atoms with Crippen LogP contribution in [0.5, 0.6) is 5.75 Å². The van der Waals surface area contributed by atoms with Crippen molar-refractivity contribution >= 4 is 17.6 Å². The summed E-state index contributed by atoms with van der Waals surface area (Å²) in [5.74, 6) is 0.932. The number of hydrogen-bond acceptors (Lipinski definition) is 4. The van der Waals surface area contributed by atoms with E-state index >= 15 is 0 Å². The number of benzene rings is 2. The Morgan fingerprint density at radius 3 is 2.81 bits per heavy atom. The van der Waals surface area contributed by atoms with E-state index in [0.29, 0.717) is 18.3 Å². The summed E-state index contributed by atoms with van der Waals surface area (Å²) in [5.41, 5.74) is 8.70. The van der Waals surface area contributed by atoms with Gasteiger partial charge in [-0.15, -0.1) is 0 Å². The van der Waals surface area contributed by atoms with Crippen LogP contribution in [-0.4, -0.2) is 44.1 Å². The fraction of sp³-hybridized carbons (Fsp3) is 0.417. The molecule has 31 heavy (non-hydrogen) atoms. The minimum absolute atomic E-state index is 0.129. The van der Waals surface area contributed by atoms with Crippen molar-refractivity contribution in [2.24, 2.45) is 10.7 Å². The number of hydrogen-bond donors (Lipinski definition) is 3. The van der Waals surface area contributed by atoms with Gasteiger partial charge in [-0.25, -0.2) is 4.99 Å². The molecule has 3 rings (SSSR count). The van der Waals surface area contributed by atoms with Crippen LogP contribution in [0.3, 0.4) is 0 Å². The van der Waals surface area contributed by atoms with E-state index in [1.54, 1.807) is 6.07 Å². The topological polar surface area (TPSA) is 92.0 Å². The third-order valence-corrected chi connectivity index (χ3v) is 5.20. The summed E-state index contributed by atoms with van der Waals surface area (Å²) in [7, 11) is 0. The van der Waals surface area contributed by atoms with Crippen LogP contribution in [0.4, 0.5) is 5.69 Å². The highest BCUT2D eigenvalue weighted by atomic mass is 16.5. The molecule has 4 N–H and O–H groups in total. The van der Waals surface area contributed by atoms with Crippen LogP contribution in [0, 0.1) is 6.92 Å². The predicted molar refractivity (Wildman–Crippen MR) is 125 cm³/mol. The Kier molecular flexibility index (Phi) is 8.15. The van der Waals surface area contributed by atoms with Gasteiger partial charge in [-0.1, -0.05) is 29.8 Å². The van der Waals surface area contributed by atoms with Gasteiger partial charge in [0.15, 0.2) is 12.6 Å². The second-order valence-electron chi connectivity index (χ2n) is 7.86. The number of nitrogens with two attached hydrogens (primary N) is 1. The summed E-state index contributed by atoms with van der Waals surface area (Å²) >= 11 is 0. The van der Waals surface area contributed by atoms with Crippen LogP contribution in [0.25, 0.3) is 0 Å². The number of carbonyl (C=O) groups excluding carboxylic acids is 1. The fourth-order valence-electron chi connectivity index (χ4n) is 3.66. The molecule has 0 aliphatic carbocycles. The molecule has 166 valence electrons. The normalized spacial score (nSPS) is 16.6. The molecular weight excluding hydrogens is 390 g/mol. The number of anilines is 1. The molecule has 2 aromatic carbocycles. The van der Waals surface area contributed by atoms with E-state index in [1.165, 1.54) is 11.3 Å². The van der Waals surface area contributed by atoms with Gasteiger partial charge in [-0.05, 0) is 56.5 Å². The second kappa shape index (κ2) is 11.2. The highest BCUT2D eigenvalue weighted by Crippen LogP contribution is 2.20. The zero-order valence-corrected chi connectivity index (χ0v) is 18.4. The minimum Gasteiger partial charge on any atom is -0.484 e. The summed E-state index contributed by atoms with van der Waals surface area (Å²) in [6.07, 6.45) is 2.26. The molecule has 2 aromatic rings. The van der Waals surface area contributed by atoms with Crippen LogP contribution in [0.2, 0.25) is 0 Å². The molecule has 0 spiro atoms. The lowest BCUT2D eigenvalue weighted by molar-refractivity contribution is -0.119. The first-order valence-corrected chi connectivity index (χ1v) is 10.9. The number of piperidine rings is 1. The van der Waals surface area contributed by atoms with Gasteiger partial charge in [-0.2, -0.15) is 0 Å². The maximum atomic E-state index is 10.9. The highest BCUT2D eigenvalue weighted by Gasteiger charge is 2.21. The zero-order valence-electron chi connectivity index (χ0n) is 18.4. The number of nitrogens with zero attached hydrogens (tertiary/aromatic N) is 2. The average Bonchev–Trinajstić information content (AvgIpc) is 2.77. The highest BCUT2D eigenvalue weighted by molar-refractivity contribution is 5.80. The monoisotopic (exact) mass is 423 g/mol. The Morgan fingerprint density at radius 2 is 2.06 bits per heavy atom. The predicted octanol–water partition coefficient (Wildman–Crippen LogP) is 2.58. The van der Waals surface area contributed by atoms with Crippen molar-refractivity contribution < 1.29 is 9.53 Å². The smallest absolute Gasteiger partial charge is 0.255 e. The molecule has 1 aliphatic heterocycles. The molecule has 0 radical (unpaired) electrons. The van der Waals surface area contributed by atoms with Gasteiger partial charge >= 0.3 is 0 Å². The molecular formula is C24H33N5O2. The number of aryl methyl sites for hydroxylation is 1. The van der Waals surface area contributed by atoms with Gasteiger partial charge in [0, 0.05) is 31.4 Å². The van der Waals surface area contributed by atoms with Crippen molar-refractivity contribution in [1.29, 1.82) is 0 Å². The van der Waals surface area contributed by atoms with Crippen molar-refractivity contribution in [2.45, 2.75) is 39.3 Å². The summed E-state index contributed by atoms with van der Waals surface area (Å²) in [5, 5.41) is 6.94. The van der Waals surface area contributed by atoms with Crippen LogP contribution < -0.4 is 26.0 Å². The van der Waals surface area contributed by atoms with E-state index in [-0.39, 0.29) is 6.61 Å². The second-order valence-corrected chi connectivity index (χ2v) is 7.86. The van der Waals surface area contributed by atoms with E-state index in [9.17, 15) is 4.79 Å². The zero-order chi connectivity index (χ0) is 22.1. The molecule has 1 fully saturated rings. The SMILES string of the molecule is CCNC(=NCc1cccc(OCC(N)=O)c1)NC1CCCN(c2ccc(C)cc2)C1. The molecule has 0 bridgehead atoms. The third kappa shape index (κ3) is 7.20. The van der Waals surface area contributed by atoms with Crippen LogP contribution >= 0.6 is 0 Å². The number of ether oxygens (including phenoxy) is 1. The Morgan fingerprint density at radius 1 is 1.26 bits per heavy atom. The minimum atomic E-state index is -0.491. The first-order valence-electron chi connectivity index (χ1n) is 10.9. The van der Waals surface area contributed by atoms with Crippen LogP contribution in [0.1, 0.15) is 30.9 Å². The molecule has 7 heteroatoms. The van der Waals surface area contributed by atoms with Gasteiger partial charge in [0.2, 0.25) is 0 Å². The Bertz CT molecular complexity index is 882. The van der Waals surface area contributed by atoms with E-state index in [1.807, 2.05) is 18.2 Å². The van der Waals surface area contributed by atoms with Gasteiger partial charge in [0.05, 0.1) is 6.54 Å². The summed E-state index contributed by atoms with van der Waals surface area (Å²) in [6, 6.07) is 16.6. The van der Waals surface area contributed by atoms with Gasteiger partial charge in [0.25, 0.3) is 5.91 Å². The van der Waals surface area contributed by atoms with Gasteiger partial charge < -0.3 is 26.0 Å². The maximum absolute atomic E-state index is 10.9. The number of nitrogens with one attached hydrogen (secondary N) is 2. The number of carbonyl (C=O) groups is 1. The van der Waals surface area contributed by atoms with Crippen molar-refractivity contribution in [3.63, 3.8) is 0 Å². The first-order chi connectivity index (χ1) is 15.0. The quantitative estimate of drug-likeness (QED) is 0.448. The largest absolute Gasteiger partial charge is 0.484 e. The molecule has 0 aromatic heterocycles. The molecule has 1 atom stereocenters. The number of rotatable bonds is 8. The number of amides is 1. The first kappa shape index (κ1) is 22.5. The Hall–Kier alpha value is -3.22. The Labute approximate surface area is 184 Å². The van der Waals surface area contributed by atoms with Crippen molar-refractivity contribution in [1.82, 2.24) is 10.6 Å². The molecule has 1 aliphatic rings. The Balaban J connectivity index is 1.61. The standard InChI is InChI=1S/C24H33N5O2/c1-3-26-24(27-15-19-6-4-8-22(14-19)31-17-23(25)30)28-20-7-5-13-29(16-20)21-11-9-18(2)10-12-21/h4,6,8-12,14,20H,3,5,7,13,15-17H2,1-2H3,(H2,25,30)(H2,26,27,28). The molecule has 7 nitrogen and oxygen atoms in total.